The van der Waals surface area contributed by atoms with Crippen molar-refractivity contribution in [3.63, 3.8) is 0 Å². The number of benzene rings is 2. The summed E-state index contributed by atoms with van der Waals surface area (Å²) in [5.74, 6) is 0.187. The predicted molar refractivity (Wildman–Crippen MR) is 92.9 cm³/mol. The number of carbonyl (C=O) groups excluding carboxylic acids is 1. The van der Waals surface area contributed by atoms with E-state index in [-0.39, 0.29) is 10.6 Å². The minimum absolute atomic E-state index is 0.0881. The van der Waals surface area contributed by atoms with Crippen LogP contribution in [-0.4, -0.2) is 19.9 Å². The lowest BCUT2D eigenvalue weighted by Gasteiger charge is -2.10. The minimum atomic E-state index is -3.92. The Kier molecular flexibility index (Phi) is 4.50. The summed E-state index contributed by atoms with van der Waals surface area (Å²) >= 11 is 0. The van der Waals surface area contributed by atoms with Crippen LogP contribution in [0.4, 0.5) is 0 Å². The summed E-state index contributed by atoms with van der Waals surface area (Å²) in [7, 11) is -3.92. The molecule has 3 aromatic rings. The van der Waals surface area contributed by atoms with Gasteiger partial charge in [0.2, 0.25) is 0 Å². The quantitative estimate of drug-likeness (QED) is 0.538. The van der Waals surface area contributed by atoms with Crippen LogP contribution in [0.2, 0.25) is 0 Å². The van der Waals surface area contributed by atoms with Crippen molar-refractivity contribution in [1.82, 2.24) is 4.98 Å². The lowest BCUT2D eigenvalue weighted by molar-refractivity contribution is -0.133. The number of nitrogens with one attached hydrogen (secondary N) is 1. The maximum atomic E-state index is 12.4. The molecule has 3 rings (SSSR count). The molecule has 0 aliphatic carbocycles. The Balaban J connectivity index is 1.95. The Labute approximate surface area is 145 Å². The van der Waals surface area contributed by atoms with Crippen LogP contribution < -0.4 is 4.18 Å². The van der Waals surface area contributed by atoms with E-state index in [4.69, 9.17) is 8.92 Å². The molecule has 0 aliphatic heterocycles. The fourth-order valence-corrected chi connectivity index (χ4v) is 3.47. The van der Waals surface area contributed by atoms with Crippen molar-refractivity contribution in [3.8, 4) is 5.75 Å². The molecule has 7 heteroatoms. The van der Waals surface area contributed by atoms with Crippen molar-refractivity contribution < 1.29 is 22.1 Å². The summed E-state index contributed by atoms with van der Waals surface area (Å²) in [6.45, 7) is 3.99. The van der Waals surface area contributed by atoms with Gasteiger partial charge in [0, 0.05) is 22.7 Å². The van der Waals surface area contributed by atoms with Gasteiger partial charge >= 0.3 is 10.1 Å². The Hall–Kier alpha value is -2.80. The van der Waals surface area contributed by atoms with Crippen LogP contribution in [0.5, 0.6) is 5.75 Å². The summed E-state index contributed by atoms with van der Waals surface area (Å²) in [5, 5.41) is 0.728. The van der Waals surface area contributed by atoms with E-state index >= 15 is 0 Å². The lowest BCUT2D eigenvalue weighted by atomic mass is 10.1. The summed E-state index contributed by atoms with van der Waals surface area (Å²) < 4.78 is 35.0. The number of aryl methyl sites for hydroxylation is 1. The standard InChI is InChI=1S/C18H17NO5S/c1-12-3-6-15(7-4-12)25(21,22)24-14-5-8-18-16(9-14)17(10-19-18)13(2)23-11-20/h3-11,13,19H,1-2H3. The Morgan fingerprint density at radius 2 is 1.84 bits per heavy atom. The molecule has 1 aromatic heterocycles. The van der Waals surface area contributed by atoms with Gasteiger partial charge in [-0.1, -0.05) is 17.7 Å². The highest BCUT2D eigenvalue weighted by Gasteiger charge is 2.18. The number of H-pyrrole nitrogens is 1. The molecule has 0 fully saturated rings. The zero-order valence-electron chi connectivity index (χ0n) is 13.7. The zero-order chi connectivity index (χ0) is 18.0. The van der Waals surface area contributed by atoms with Gasteiger partial charge in [-0.25, -0.2) is 0 Å². The van der Waals surface area contributed by atoms with Crippen molar-refractivity contribution in [2.75, 3.05) is 0 Å². The molecule has 0 radical (unpaired) electrons. The molecular weight excluding hydrogens is 342 g/mol. The Bertz CT molecular complexity index is 1010. The van der Waals surface area contributed by atoms with E-state index in [1.807, 2.05) is 6.92 Å². The average Bonchev–Trinajstić information content (AvgIpc) is 2.98. The molecule has 0 amide bonds. The average molecular weight is 359 g/mol. The molecule has 0 spiro atoms. The highest BCUT2D eigenvalue weighted by molar-refractivity contribution is 7.87. The van der Waals surface area contributed by atoms with Gasteiger partial charge < -0.3 is 13.9 Å². The normalized spacial score (nSPS) is 12.7. The number of ether oxygens (including phenoxy) is 1. The first-order valence-corrected chi connectivity index (χ1v) is 9.03. The first-order chi connectivity index (χ1) is 11.9. The largest absolute Gasteiger partial charge is 0.460 e. The van der Waals surface area contributed by atoms with Gasteiger partial charge in [-0.3, -0.25) is 4.79 Å². The molecule has 1 unspecified atom stereocenters. The van der Waals surface area contributed by atoms with E-state index < -0.39 is 16.2 Å². The number of aromatic nitrogens is 1. The number of aromatic amines is 1. The van der Waals surface area contributed by atoms with Crippen LogP contribution in [0.1, 0.15) is 24.2 Å². The number of rotatable bonds is 6. The molecule has 0 saturated carbocycles. The lowest BCUT2D eigenvalue weighted by Crippen LogP contribution is -2.09. The third-order valence-corrected chi connectivity index (χ3v) is 5.16. The number of hydrogen-bond donors (Lipinski definition) is 1. The minimum Gasteiger partial charge on any atom is -0.460 e. The van der Waals surface area contributed by atoms with Crippen LogP contribution >= 0.6 is 0 Å². The van der Waals surface area contributed by atoms with E-state index in [2.05, 4.69) is 4.98 Å². The van der Waals surface area contributed by atoms with Crippen LogP contribution in [0.3, 0.4) is 0 Å². The third-order valence-electron chi connectivity index (χ3n) is 3.90. The molecule has 130 valence electrons. The van der Waals surface area contributed by atoms with Gasteiger partial charge in [0.25, 0.3) is 6.47 Å². The molecule has 2 aromatic carbocycles. The third kappa shape index (κ3) is 3.51. The molecule has 1 atom stereocenters. The maximum Gasteiger partial charge on any atom is 0.339 e. The molecule has 0 aliphatic rings. The SMILES string of the molecule is Cc1ccc(S(=O)(=O)Oc2ccc3[nH]cc(C(C)OC=O)c3c2)cc1. The summed E-state index contributed by atoms with van der Waals surface area (Å²) in [5.41, 5.74) is 2.48. The summed E-state index contributed by atoms with van der Waals surface area (Å²) in [6.07, 6.45) is 1.26. The second-order valence-electron chi connectivity index (χ2n) is 5.68. The predicted octanol–water partition coefficient (Wildman–Crippen LogP) is 3.48. The van der Waals surface area contributed by atoms with E-state index in [0.717, 1.165) is 22.0 Å². The second kappa shape index (κ2) is 6.60. The smallest absolute Gasteiger partial charge is 0.339 e. The maximum absolute atomic E-state index is 12.4. The fourth-order valence-electron chi connectivity index (χ4n) is 2.55. The topological polar surface area (TPSA) is 85.5 Å². The summed E-state index contributed by atoms with van der Waals surface area (Å²) in [6, 6.07) is 11.3. The van der Waals surface area contributed by atoms with Crippen LogP contribution in [0.25, 0.3) is 10.9 Å². The highest BCUT2D eigenvalue weighted by atomic mass is 32.2. The van der Waals surface area contributed by atoms with Gasteiger partial charge in [0.1, 0.15) is 16.7 Å². The molecule has 0 saturated heterocycles. The number of fused-ring (bicyclic) bond motifs is 1. The van der Waals surface area contributed by atoms with E-state index in [1.165, 1.54) is 12.1 Å². The van der Waals surface area contributed by atoms with E-state index in [0.29, 0.717) is 6.47 Å². The van der Waals surface area contributed by atoms with Gasteiger partial charge in [0.15, 0.2) is 0 Å². The molecule has 6 nitrogen and oxygen atoms in total. The van der Waals surface area contributed by atoms with Crippen molar-refractivity contribution in [1.29, 1.82) is 0 Å². The van der Waals surface area contributed by atoms with Crippen molar-refractivity contribution >= 4 is 27.5 Å². The summed E-state index contributed by atoms with van der Waals surface area (Å²) in [4.78, 5) is 13.7. The highest BCUT2D eigenvalue weighted by Crippen LogP contribution is 2.30. The van der Waals surface area contributed by atoms with Crippen LogP contribution in [-0.2, 0) is 19.6 Å². The van der Waals surface area contributed by atoms with Gasteiger partial charge in [0.05, 0.1) is 0 Å². The van der Waals surface area contributed by atoms with Crippen LogP contribution in [0.15, 0.2) is 53.6 Å². The Morgan fingerprint density at radius 3 is 2.52 bits per heavy atom. The monoisotopic (exact) mass is 359 g/mol. The van der Waals surface area contributed by atoms with Crippen molar-refractivity contribution in [3.05, 3.63) is 59.8 Å². The molecular formula is C18H17NO5S. The first-order valence-electron chi connectivity index (χ1n) is 7.62. The van der Waals surface area contributed by atoms with Crippen molar-refractivity contribution in [2.24, 2.45) is 0 Å². The number of hydrogen-bond acceptors (Lipinski definition) is 5. The van der Waals surface area contributed by atoms with Crippen molar-refractivity contribution in [2.45, 2.75) is 24.8 Å². The van der Waals surface area contributed by atoms with Gasteiger partial charge in [-0.15, -0.1) is 0 Å². The van der Waals surface area contributed by atoms with Gasteiger partial charge in [-0.05, 0) is 44.2 Å². The molecule has 1 heterocycles. The molecule has 25 heavy (non-hydrogen) atoms. The van der Waals surface area contributed by atoms with Crippen LogP contribution in [0, 0.1) is 6.92 Å². The molecule has 1 N–H and O–H groups in total. The first kappa shape index (κ1) is 17.0. The Morgan fingerprint density at radius 1 is 1.12 bits per heavy atom. The second-order valence-corrected chi connectivity index (χ2v) is 7.22. The van der Waals surface area contributed by atoms with Gasteiger partial charge in [-0.2, -0.15) is 8.42 Å². The number of carbonyl (C=O) groups is 1. The van der Waals surface area contributed by atoms with E-state index in [1.54, 1.807) is 43.5 Å². The van der Waals surface area contributed by atoms with E-state index in [9.17, 15) is 13.2 Å². The zero-order valence-corrected chi connectivity index (χ0v) is 14.5. The molecule has 0 bridgehead atoms. The fraction of sp³-hybridized carbons (Fsp3) is 0.167.